The van der Waals surface area contributed by atoms with E-state index in [0.29, 0.717) is 0 Å². The summed E-state index contributed by atoms with van der Waals surface area (Å²) < 4.78 is 15.1. The highest BCUT2D eigenvalue weighted by molar-refractivity contribution is 5.33. The maximum absolute atomic E-state index is 13.1. The van der Waals surface area contributed by atoms with Crippen LogP contribution < -0.4 is 5.73 Å². The second-order valence-corrected chi connectivity index (χ2v) is 4.46. The van der Waals surface area contributed by atoms with Gasteiger partial charge in [-0.2, -0.15) is 0 Å². The maximum atomic E-state index is 13.1. The van der Waals surface area contributed by atoms with Crippen LogP contribution in [0.25, 0.3) is 0 Å². The molecule has 1 aromatic heterocycles. The smallest absolute Gasteiger partial charge is 0.130 e. The van der Waals surface area contributed by atoms with E-state index >= 15 is 0 Å². The van der Waals surface area contributed by atoms with Crippen LogP contribution in [0.1, 0.15) is 36.3 Å². The topological polar surface area (TPSA) is 43.8 Å². The SMILES string of the molecule is CCCn1ccnc1C(N)c1ccc(F)cc1C. The van der Waals surface area contributed by atoms with Crippen molar-refractivity contribution in [3.8, 4) is 0 Å². The molecule has 0 aliphatic rings. The predicted molar refractivity (Wildman–Crippen MR) is 69.7 cm³/mol. The van der Waals surface area contributed by atoms with Gasteiger partial charge in [-0.15, -0.1) is 0 Å². The molecule has 0 bridgehead atoms. The van der Waals surface area contributed by atoms with Gasteiger partial charge in [-0.05, 0) is 36.6 Å². The number of hydrogen-bond acceptors (Lipinski definition) is 2. The first-order chi connectivity index (χ1) is 8.63. The fraction of sp³-hybridized carbons (Fsp3) is 0.357. The third-order valence-electron chi connectivity index (χ3n) is 3.06. The molecule has 0 saturated carbocycles. The Hall–Kier alpha value is -1.68. The van der Waals surface area contributed by atoms with Gasteiger partial charge in [0.2, 0.25) is 0 Å². The normalized spacial score (nSPS) is 12.7. The van der Waals surface area contributed by atoms with Gasteiger partial charge in [0.05, 0.1) is 6.04 Å². The van der Waals surface area contributed by atoms with Crippen molar-refractivity contribution in [1.82, 2.24) is 9.55 Å². The van der Waals surface area contributed by atoms with E-state index in [1.165, 1.54) is 12.1 Å². The number of nitrogens with zero attached hydrogens (tertiary/aromatic N) is 2. The number of imidazole rings is 1. The van der Waals surface area contributed by atoms with Gasteiger partial charge in [0.15, 0.2) is 0 Å². The van der Waals surface area contributed by atoms with Crippen LogP contribution in [-0.2, 0) is 6.54 Å². The number of nitrogens with two attached hydrogens (primary N) is 1. The molecule has 0 saturated heterocycles. The number of rotatable bonds is 4. The van der Waals surface area contributed by atoms with E-state index in [1.807, 2.05) is 17.7 Å². The molecule has 1 atom stereocenters. The molecule has 18 heavy (non-hydrogen) atoms. The molecule has 0 fully saturated rings. The lowest BCUT2D eigenvalue weighted by atomic mass is 10.0. The molecular weight excluding hydrogens is 229 g/mol. The molecule has 1 heterocycles. The van der Waals surface area contributed by atoms with E-state index in [0.717, 1.165) is 29.9 Å². The van der Waals surface area contributed by atoms with Crippen molar-refractivity contribution < 1.29 is 4.39 Å². The minimum absolute atomic E-state index is 0.236. The van der Waals surface area contributed by atoms with Crippen molar-refractivity contribution in [1.29, 1.82) is 0 Å². The third-order valence-corrected chi connectivity index (χ3v) is 3.06. The highest BCUT2D eigenvalue weighted by Gasteiger charge is 2.16. The predicted octanol–water partition coefficient (Wildman–Crippen LogP) is 2.79. The van der Waals surface area contributed by atoms with Crippen LogP contribution >= 0.6 is 0 Å². The van der Waals surface area contributed by atoms with Gasteiger partial charge in [-0.1, -0.05) is 13.0 Å². The summed E-state index contributed by atoms with van der Waals surface area (Å²) in [6.45, 7) is 4.87. The molecule has 0 aliphatic heterocycles. The number of aryl methyl sites for hydroxylation is 2. The molecule has 0 radical (unpaired) electrons. The van der Waals surface area contributed by atoms with Gasteiger partial charge in [0, 0.05) is 18.9 Å². The van der Waals surface area contributed by atoms with Crippen molar-refractivity contribution in [2.45, 2.75) is 32.9 Å². The number of halogens is 1. The van der Waals surface area contributed by atoms with Crippen LogP contribution in [0.15, 0.2) is 30.6 Å². The summed E-state index contributed by atoms with van der Waals surface area (Å²) in [5.74, 6) is 0.590. The van der Waals surface area contributed by atoms with Crippen LogP contribution in [0.2, 0.25) is 0 Å². The van der Waals surface area contributed by atoms with Crippen LogP contribution in [-0.4, -0.2) is 9.55 Å². The Morgan fingerprint density at radius 3 is 2.89 bits per heavy atom. The summed E-state index contributed by atoms with van der Waals surface area (Å²) in [4.78, 5) is 4.32. The largest absolute Gasteiger partial charge is 0.333 e. The van der Waals surface area contributed by atoms with Crippen molar-refractivity contribution in [2.75, 3.05) is 0 Å². The maximum Gasteiger partial charge on any atom is 0.130 e. The van der Waals surface area contributed by atoms with Crippen molar-refractivity contribution in [3.63, 3.8) is 0 Å². The molecular formula is C14H18FN3. The van der Waals surface area contributed by atoms with E-state index in [-0.39, 0.29) is 11.9 Å². The molecule has 4 heteroatoms. The lowest BCUT2D eigenvalue weighted by molar-refractivity contribution is 0.606. The molecule has 0 spiro atoms. The van der Waals surface area contributed by atoms with Crippen molar-refractivity contribution >= 4 is 0 Å². The van der Waals surface area contributed by atoms with Crippen LogP contribution in [0, 0.1) is 12.7 Å². The van der Waals surface area contributed by atoms with Gasteiger partial charge in [-0.3, -0.25) is 0 Å². The Balaban J connectivity index is 2.35. The van der Waals surface area contributed by atoms with Gasteiger partial charge < -0.3 is 10.3 Å². The number of benzene rings is 1. The molecule has 2 rings (SSSR count). The Bertz CT molecular complexity index is 534. The summed E-state index contributed by atoms with van der Waals surface area (Å²) in [5.41, 5.74) is 8.01. The Kier molecular flexibility index (Phi) is 3.77. The first kappa shape index (κ1) is 12.8. The fourth-order valence-corrected chi connectivity index (χ4v) is 2.16. The fourth-order valence-electron chi connectivity index (χ4n) is 2.16. The van der Waals surface area contributed by atoms with Crippen molar-refractivity contribution in [3.05, 3.63) is 53.4 Å². The van der Waals surface area contributed by atoms with E-state index in [9.17, 15) is 4.39 Å². The van der Waals surface area contributed by atoms with Crippen LogP contribution in [0.5, 0.6) is 0 Å². The zero-order chi connectivity index (χ0) is 13.1. The standard InChI is InChI=1S/C14H18FN3/c1-3-7-18-8-6-17-14(18)13(16)12-5-4-11(15)9-10(12)2/h4-6,8-9,13H,3,7,16H2,1-2H3. The molecule has 96 valence electrons. The highest BCUT2D eigenvalue weighted by atomic mass is 19.1. The average molecular weight is 247 g/mol. The summed E-state index contributed by atoms with van der Waals surface area (Å²) in [6.07, 6.45) is 4.71. The molecule has 1 unspecified atom stereocenters. The molecule has 2 aromatic rings. The Morgan fingerprint density at radius 1 is 1.44 bits per heavy atom. The average Bonchev–Trinajstić information content (AvgIpc) is 2.77. The van der Waals surface area contributed by atoms with Crippen molar-refractivity contribution in [2.24, 2.45) is 5.73 Å². The molecule has 0 amide bonds. The first-order valence-corrected chi connectivity index (χ1v) is 6.16. The second-order valence-electron chi connectivity index (χ2n) is 4.46. The van der Waals surface area contributed by atoms with Crippen LogP contribution in [0.4, 0.5) is 4.39 Å². The number of hydrogen-bond donors (Lipinski definition) is 1. The van der Waals surface area contributed by atoms with Gasteiger partial charge >= 0.3 is 0 Å². The summed E-state index contributed by atoms with van der Waals surface area (Å²) in [5, 5.41) is 0. The monoisotopic (exact) mass is 247 g/mol. The zero-order valence-electron chi connectivity index (χ0n) is 10.7. The van der Waals surface area contributed by atoms with Crippen LogP contribution in [0.3, 0.4) is 0 Å². The summed E-state index contributed by atoms with van der Waals surface area (Å²) >= 11 is 0. The lowest BCUT2D eigenvalue weighted by Crippen LogP contribution is -2.19. The van der Waals surface area contributed by atoms with E-state index in [2.05, 4.69) is 11.9 Å². The minimum atomic E-state index is -0.313. The minimum Gasteiger partial charge on any atom is -0.333 e. The summed E-state index contributed by atoms with van der Waals surface area (Å²) in [7, 11) is 0. The second kappa shape index (κ2) is 5.31. The molecule has 2 N–H and O–H groups in total. The van der Waals surface area contributed by atoms with E-state index in [4.69, 9.17) is 5.73 Å². The van der Waals surface area contributed by atoms with E-state index < -0.39 is 0 Å². The quantitative estimate of drug-likeness (QED) is 0.902. The summed E-state index contributed by atoms with van der Waals surface area (Å²) in [6, 6.07) is 4.37. The first-order valence-electron chi connectivity index (χ1n) is 6.16. The third kappa shape index (κ3) is 2.43. The van der Waals surface area contributed by atoms with E-state index in [1.54, 1.807) is 12.3 Å². The molecule has 3 nitrogen and oxygen atoms in total. The van der Waals surface area contributed by atoms with Gasteiger partial charge in [0.25, 0.3) is 0 Å². The Labute approximate surface area is 106 Å². The molecule has 0 aliphatic carbocycles. The Morgan fingerprint density at radius 2 is 2.22 bits per heavy atom. The molecule has 1 aromatic carbocycles. The zero-order valence-corrected chi connectivity index (χ0v) is 10.7. The van der Waals surface area contributed by atoms with Gasteiger partial charge in [0.1, 0.15) is 11.6 Å². The van der Waals surface area contributed by atoms with Gasteiger partial charge in [-0.25, -0.2) is 9.37 Å². The highest BCUT2D eigenvalue weighted by Crippen LogP contribution is 2.22. The number of aromatic nitrogens is 2. The lowest BCUT2D eigenvalue weighted by Gasteiger charge is -2.16.